The van der Waals surface area contributed by atoms with Crippen LogP contribution < -0.4 is 14.8 Å². The quantitative estimate of drug-likeness (QED) is 0.829. The van der Waals surface area contributed by atoms with Crippen molar-refractivity contribution in [2.45, 2.75) is 4.90 Å². The van der Waals surface area contributed by atoms with Gasteiger partial charge in [0.05, 0.1) is 5.54 Å². The lowest BCUT2D eigenvalue weighted by Gasteiger charge is -2.11. The minimum absolute atomic E-state index is 0.0548. The van der Waals surface area contributed by atoms with Gasteiger partial charge in [0.1, 0.15) is 10.6 Å². The van der Waals surface area contributed by atoms with Gasteiger partial charge in [0, 0.05) is 7.05 Å². The molecule has 0 radical (unpaired) electrons. The van der Waals surface area contributed by atoms with Gasteiger partial charge in [0.15, 0.2) is 0 Å². The van der Waals surface area contributed by atoms with Gasteiger partial charge in [-0.1, -0.05) is 23.7 Å². The van der Waals surface area contributed by atoms with Crippen LogP contribution in [0.4, 0.5) is 4.79 Å². The number of hydrogen-bond donors (Lipinski definition) is 2. The number of halogens is 2. The van der Waals surface area contributed by atoms with Crippen molar-refractivity contribution >= 4 is 39.3 Å². The number of carbonyl (C=O) groups is 1. The number of rotatable bonds is 4. The number of carbonyl (C=O) groups excluding carboxylic acids is 1. The maximum atomic E-state index is 11.9. The van der Waals surface area contributed by atoms with Crippen molar-refractivity contribution in [3.8, 4) is 5.75 Å². The van der Waals surface area contributed by atoms with Gasteiger partial charge in [-0.3, -0.25) is 0 Å². The van der Waals surface area contributed by atoms with E-state index in [0.29, 0.717) is 0 Å². The van der Waals surface area contributed by atoms with Crippen molar-refractivity contribution < 1.29 is 17.9 Å². The summed E-state index contributed by atoms with van der Waals surface area (Å²) < 4.78 is 30.7. The lowest BCUT2D eigenvalue weighted by atomic mass is 10.3. The second kappa shape index (κ2) is 6.65. The first kappa shape index (κ1) is 15.6. The summed E-state index contributed by atoms with van der Waals surface area (Å²) >= 11 is 10.9. The Morgan fingerprint density at radius 2 is 2.00 bits per heavy atom. The SMILES string of the molecule is CNC(=O)NS(=O)(=O)c1ccccc1O/C(Cl)=C/Cl. The standard InChI is InChI=1S/C10H10Cl2N2O4S/c1-13-10(15)14-19(16,17)8-5-3-2-4-7(8)18-9(12)6-11/h2-6H,1H3,(H2,13,14,15)/b9-6+. The summed E-state index contributed by atoms with van der Waals surface area (Å²) in [5.41, 5.74) is 0.942. The van der Waals surface area contributed by atoms with Crippen LogP contribution >= 0.6 is 23.2 Å². The molecule has 9 heteroatoms. The third-order valence-electron chi connectivity index (χ3n) is 1.89. The van der Waals surface area contributed by atoms with E-state index in [1.807, 2.05) is 0 Å². The summed E-state index contributed by atoms with van der Waals surface area (Å²) in [6.45, 7) is 0. The van der Waals surface area contributed by atoms with Crippen molar-refractivity contribution in [1.29, 1.82) is 0 Å². The maximum absolute atomic E-state index is 11.9. The Hall–Kier alpha value is -1.44. The molecular weight excluding hydrogens is 315 g/mol. The molecule has 0 saturated heterocycles. The van der Waals surface area contributed by atoms with Crippen molar-refractivity contribution in [3.63, 3.8) is 0 Å². The zero-order valence-corrected chi connectivity index (χ0v) is 12.0. The number of hydrogen-bond acceptors (Lipinski definition) is 4. The Morgan fingerprint density at radius 3 is 2.58 bits per heavy atom. The van der Waals surface area contributed by atoms with Gasteiger partial charge in [-0.25, -0.2) is 17.9 Å². The van der Waals surface area contributed by atoms with E-state index in [4.69, 9.17) is 27.9 Å². The molecule has 2 N–H and O–H groups in total. The number of amides is 2. The van der Waals surface area contributed by atoms with Crippen LogP contribution in [-0.4, -0.2) is 21.5 Å². The summed E-state index contributed by atoms with van der Waals surface area (Å²) in [6.07, 6.45) is 0. The van der Waals surface area contributed by atoms with Gasteiger partial charge >= 0.3 is 6.03 Å². The number of benzene rings is 1. The smallest absolute Gasteiger partial charge is 0.328 e. The van der Waals surface area contributed by atoms with E-state index >= 15 is 0 Å². The Labute approximate surface area is 120 Å². The highest BCUT2D eigenvalue weighted by atomic mass is 35.5. The van der Waals surface area contributed by atoms with Crippen LogP contribution in [-0.2, 0) is 10.0 Å². The normalized spacial score (nSPS) is 11.8. The molecular formula is C10H10Cl2N2O4S. The fourth-order valence-corrected chi connectivity index (χ4v) is 2.33. The lowest BCUT2D eigenvalue weighted by Crippen LogP contribution is -2.37. The Balaban J connectivity index is 3.16. The Bertz CT molecular complexity index is 601. The number of nitrogens with one attached hydrogen (secondary N) is 2. The zero-order chi connectivity index (χ0) is 14.5. The lowest BCUT2D eigenvalue weighted by molar-refractivity contribution is 0.248. The van der Waals surface area contributed by atoms with Gasteiger partial charge in [-0.05, 0) is 23.7 Å². The third kappa shape index (κ3) is 4.30. The minimum Gasteiger partial charge on any atom is -0.443 e. The number of urea groups is 1. The van der Waals surface area contributed by atoms with Gasteiger partial charge in [-0.2, -0.15) is 0 Å². The predicted molar refractivity (Wildman–Crippen MR) is 71.6 cm³/mol. The first-order valence-electron chi connectivity index (χ1n) is 4.88. The molecule has 0 aliphatic rings. The molecule has 0 aliphatic carbocycles. The first-order chi connectivity index (χ1) is 8.90. The number of ether oxygens (including phenoxy) is 1. The summed E-state index contributed by atoms with van der Waals surface area (Å²) in [7, 11) is -2.78. The number of sulfonamides is 1. The van der Waals surface area contributed by atoms with Gasteiger partial charge in [0.2, 0.25) is 5.22 Å². The molecule has 2 amide bonds. The summed E-state index contributed by atoms with van der Waals surface area (Å²) in [6, 6.07) is 4.80. The van der Waals surface area contributed by atoms with E-state index in [1.165, 1.54) is 25.2 Å². The van der Waals surface area contributed by atoms with Gasteiger partial charge in [-0.15, -0.1) is 0 Å². The molecule has 0 saturated carbocycles. The van der Waals surface area contributed by atoms with Crippen molar-refractivity contribution in [1.82, 2.24) is 10.0 Å². The topological polar surface area (TPSA) is 84.5 Å². The second-order valence-corrected chi connectivity index (χ2v) is 5.39. The van der Waals surface area contributed by atoms with Gasteiger partial charge < -0.3 is 10.1 Å². The molecule has 0 atom stereocenters. The Kier molecular flexibility index (Phi) is 5.46. The molecule has 0 aliphatic heterocycles. The van der Waals surface area contributed by atoms with Crippen LogP contribution in [0.2, 0.25) is 0 Å². The van der Waals surface area contributed by atoms with Crippen LogP contribution in [0.15, 0.2) is 39.9 Å². The maximum Gasteiger partial charge on any atom is 0.328 e. The zero-order valence-electron chi connectivity index (χ0n) is 9.68. The van der Waals surface area contributed by atoms with Crippen LogP contribution in [0, 0.1) is 0 Å². The molecule has 6 nitrogen and oxygen atoms in total. The molecule has 1 aromatic carbocycles. The van der Waals surface area contributed by atoms with Crippen molar-refractivity contribution in [2.75, 3.05) is 7.05 Å². The summed E-state index contributed by atoms with van der Waals surface area (Å²) in [5, 5.41) is 1.93. The molecule has 104 valence electrons. The fourth-order valence-electron chi connectivity index (χ4n) is 1.11. The van der Waals surface area contributed by atoms with E-state index in [2.05, 4.69) is 5.32 Å². The second-order valence-electron chi connectivity index (χ2n) is 3.15. The molecule has 0 aromatic heterocycles. The van der Waals surface area contributed by atoms with Gasteiger partial charge in [0.25, 0.3) is 10.0 Å². The molecule has 0 unspecified atom stereocenters. The minimum atomic E-state index is -4.07. The largest absolute Gasteiger partial charge is 0.443 e. The predicted octanol–water partition coefficient (Wildman–Crippen LogP) is 1.96. The summed E-state index contributed by atoms with van der Waals surface area (Å²) in [4.78, 5) is 10.8. The van der Waals surface area contributed by atoms with Crippen molar-refractivity contribution in [3.05, 3.63) is 35.0 Å². The van der Waals surface area contributed by atoms with E-state index in [0.717, 1.165) is 5.54 Å². The van der Waals surface area contributed by atoms with Crippen LogP contribution in [0.3, 0.4) is 0 Å². The monoisotopic (exact) mass is 324 g/mol. The molecule has 0 fully saturated rings. The molecule has 0 bridgehead atoms. The van der Waals surface area contributed by atoms with E-state index in [1.54, 1.807) is 10.8 Å². The van der Waals surface area contributed by atoms with Crippen LogP contribution in [0.1, 0.15) is 0 Å². The highest BCUT2D eigenvalue weighted by Gasteiger charge is 2.21. The highest BCUT2D eigenvalue weighted by molar-refractivity contribution is 7.90. The van der Waals surface area contributed by atoms with Crippen LogP contribution in [0.25, 0.3) is 0 Å². The van der Waals surface area contributed by atoms with E-state index in [-0.39, 0.29) is 15.9 Å². The molecule has 1 rings (SSSR count). The third-order valence-corrected chi connectivity index (χ3v) is 3.75. The average molecular weight is 325 g/mol. The first-order valence-corrected chi connectivity index (χ1v) is 7.17. The fraction of sp³-hybridized carbons (Fsp3) is 0.100. The average Bonchev–Trinajstić information content (AvgIpc) is 2.38. The van der Waals surface area contributed by atoms with E-state index < -0.39 is 16.1 Å². The summed E-state index contributed by atoms with van der Waals surface area (Å²) in [5.74, 6) is -0.0548. The molecule has 0 spiro atoms. The molecule has 19 heavy (non-hydrogen) atoms. The van der Waals surface area contributed by atoms with Crippen LogP contribution in [0.5, 0.6) is 5.75 Å². The molecule has 1 aromatic rings. The molecule has 0 heterocycles. The highest BCUT2D eigenvalue weighted by Crippen LogP contribution is 2.26. The number of para-hydroxylation sites is 1. The Morgan fingerprint density at radius 1 is 1.37 bits per heavy atom. The van der Waals surface area contributed by atoms with E-state index in [9.17, 15) is 13.2 Å². The van der Waals surface area contributed by atoms with Crippen molar-refractivity contribution in [2.24, 2.45) is 0 Å².